The van der Waals surface area contributed by atoms with Gasteiger partial charge in [-0.25, -0.2) is 4.79 Å². The van der Waals surface area contributed by atoms with Crippen LogP contribution in [0.4, 0.5) is 4.79 Å². The fourth-order valence-corrected chi connectivity index (χ4v) is 6.13. The molecule has 7 nitrogen and oxygen atoms in total. The fourth-order valence-electron chi connectivity index (χ4n) is 6.13. The van der Waals surface area contributed by atoms with Crippen LogP contribution in [0.3, 0.4) is 0 Å². The molecule has 1 aliphatic heterocycles. The molecule has 5 aromatic rings. The van der Waals surface area contributed by atoms with Crippen LogP contribution in [0.1, 0.15) is 46.6 Å². The van der Waals surface area contributed by atoms with Crippen LogP contribution in [-0.4, -0.2) is 36.0 Å². The summed E-state index contributed by atoms with van der Waals surface area (Å²) in [4.78, 5) is 28.7. The lowest BCUT2D eigenvalue weighted by molar-refractivity contribution is -0.134. The summed E-state index contributed by atoms with van der Waals surface area (Å²) < 4.78 is 18.1. The number of hydrogen-bond acceptors (Lipinski definition) is 5. The molecular formula is C42H42N2O5. The Morgan fingerprint density at radius 3 is 1.71 bits per heavy atom. The van der Waals surface area contributed by atoms with Gasteiger partial charge in [-0.15, -0.1) is 0 Å². The quantitative estimate of drug-likeness (QED) is 0.139. The maximum Gasteiger partial charge on any atom is 0.408 e. The second-order valence-corrected chi connectivity index (χ2v) is 12.3. The summed E-state index contributed by atoms with van der Waals surface area (Å²) in [6.07, 6.45) is 1.31. The Bertz CT molecular complexity index is 1760. The zero-order valence-electron chi connectivity index (χ0n) is 27.6. The number of likely N-dealkylation sites (tertiary alicyclic amines) is 1. The van der Waals surface area contributed by atoms with Crippen LogP contribution in [0, 0.1) is 0 Å². The van der Waals surface area contributed by atoms with E-state index in [1.807, 2.05) is 126 Å². The molecule has 2 amide bonds. The van der Waals surface area contributed by atoms with E-state index in [0.717, 1.165) is 52.2 Å². The lowest BCUT2D eigenvalue weighted by Crippen LogP contribution is -2.51. The van der Waals surface area contributed by atoms with Crippen LogP contribution in [0.5, 0.6) is 11.5 Å². The first-order valence-corrected chi connectivity index (χ1v) is 16.9. The SMILES string of the molecule is O=C(N[C@H](Cc1ccccc1)C(=O)N1CCC(c2ccc(OCc3ccccc3)cc2OCc2ccccc2)CC1)OCc1ccccc1. The Kier molecular flexibility index (Phi) is 11.6. The lowest BCUT2D eigenvalue weighted by atomic mass is 9.88. The van der Waals surface area contributed by atoms with Gasteiger partial charge in [-0.3, -0.25) is 4.79 Å². The van der Waals surface area contributed by atoms with Crippen LogP contribution in [0.2, 0.25) is 0 Å². The molecule has 0 radical (unpaired) electrons. The monoisotopic (exact) mass is 654 g/mol. The van der Waals surface area contributed by atoms with E-state index in [1.165, 1.54) is 0 Å². The highest BCUT2D eigenvalue weighted by Gasteiger charge is 2.31. The molecule has 6 rings (SSSR count). The van der Waals surface area contributed by atoms with Crippen LogP contribution in [0.15, 0.2) is 140 Å². The van der Waals surface area contributed by atoms with Gasteiger partial charge in [0.15, 0.2) is 0 Å². The number of nitrogens with zero attached hydrogens (tertiary/aromatic N) is 1. The van der Waals surface area contributed by atoms with Gasteiger partial charge in [0, 0.05) is 25.6 Å². The van der Waals surface area contributed by atoms with Gasteiger partial charge in [0.25, 0.3) is 0 Å². The van der Waals surface area contributed by atoms with Gasteiger partial charge in [0.2, 0.25) is 5.91 Å². The molecule has 1 fully saturated rings. The lowest BCUT2D eigenvalue weighted by Gasteiger charge is -2.35. The van der Waals surface area contributed by atoms with Crippen LogP contribution < -0.4 is 14.8 Å². The van der Waals surface area contributed by atoms with Crippen molar-refractivity contribution in [2.45, 2.75) is 51.0 Å². The van der Waals surface area contributed by atoms with E-state index in [9.17, 15) is 9.59 Å². The summed E-state index contributed by atoms with van der Waals surface area (Å²) in [5.74, 6) is 1.64. The summed E-state index contributed by atoms with van der Waals surface area (Å²) in [6, 6.07) is 44.8. The number of benzene rings is 5. The molecule has 1 saturated heterocycles. The smallest absolute Gasteiger partial charge is 0.408 e. The second-order valence-electron chi connectivity index (χ2n) is 12.3. The number of rotatable bonds is 13. The van der Waals surface area contributed by atoms with E-state index in [4.69, 9.17) is 14.2 Å². The molecule has 250 valence electrons. The van der Waals surface area contributed by atoms with Gasteiger partial charge >= 0.3 is 6.09 Å². The van der Waals surface area contributed by atoms with Crippen LogP contribution in [-0.2, 0) is 35.8 Å². The Labute approximate surface area is 288 Å². The molecule has 1 heterocycles. The molecule has 7 heteroatoms. The second kappa shape index (κ2) is 17.0. The van der Waals surface area contributed by atoms with E-state index in [-0.39, 0.29) is 18.4 Å². The van der Waals surface area contributed by atoms with Crippen molar-refractivity contribution in [3.63, 3.8) is 0 Å². The highest BCUT2D eigenvalue weighted by Crippen LogP contribution is 2.37. The van der Waals surface area contributed by atoms with Crippen LogP contribution >= 0.6 is 0 Å². The summed E-state index contributed by atoms with van der Waals surface area (Å²) in [5.41, 5.74) is 5.14. The highest BCUT2D eigenvalue weighted by molar-refractivity contribution is 5.86. The number of piperidine rings is 1. The average Bonchev–Trinajstić information content (AvgIpc) is 3.16. The topological polar surface area (TPSA) is 77.1 Å². The number of carbonyl (C=O) groups excluding carboxylic acids is 2. The molecule has 0 aromatic heterocycles. The summed E-state index contributed by atoms with van der Waals surface area (Å²) >= 11 is 0. The Balaban J connectivity index is 1.12. The first-order chi connectivity index (χ1) is 24.1. The Hall–Kier alpha value is -5.56. The van der Waals surface area contributed by atoms with Crippen molar-refractivity contribution in [3.8, 4) is 11.5 Å². The molecule has 0 unspecified atom stereocenters. The number of hydrogen-bond donors (Lipinski definition) is 1. The Morgan fingerprint density at radius 1 is 0.633 bits per heavy atom. The predicted molar refractivity (Wildman–Crippen MR) is 190 cm³/mol. The van der Waals surface area contributed by atoms with Crippen molar-refractivity contribution in [1.29, 1.82) is 0 Å². The van der Waals surface area contributed by atoms with Gasteiger partial charge in [0.1, 0.15) is 37.4 Å². The predicted octanol–water partition coefficient (Wildman–Crippen LogP) is 8.09. The van der Waals surface area contributed by atoms with Gasteiger partial charge in [-0.2, -0.15) is 0 Å². The molecule has 1 atom stereocenters. The van der Waals surface area contributed by atoms with Crippen molar-refractivity contribution in [3.05, 3.63) is 167 Å². The maximum atomic E-state index is 13.9. The molecule has 1 aliphatic rings. The van der Waals surface area contributed by atoms with E-state index in [0.29, 0.717) is 32.7 Å². The number of carbonyl (C=O) groups is 2. The molecule has 49 heavy (non-hydrogen) atoms. The normalized spacial score (nSPS) is 13.7. The fraction of sp³-hybridized carbons (Fsp3) is 0.238. The number of ether oxygens (including phenoxy) is 3. The van der Waals surface area contributed by atoms with E-state index in [1.54, 1.807) is 0 Å². The van der Waals surface area contributed by atoms with Crippen molar-refractivity contribution >= 4 is 12.0 Å². The Morgan fingerprint density at radius 2 is 1.14 bits per heavy atom. The minimum Gasteiger partial charge on any atom is -0.489 e. The van der Waals surface area contributed by atoms with Gasteiger partial charge in [-0.1, -0.05) is 127 Å². The van der Waals surface area contributed by atoms with Crippen molar-refractivity contribution < 1.29 is 23.8 Å². The summed E-state index contributed by atoms with van der Waals surface area (Å²) in [5, 5.41) is 2.86. The maximum absolute atomic E-state index is 13.9. The van der Waals surface area contributed by atoms with Gasteiger partial charge in [0.05, 0.1) is 0 Å². The molecular weight excluding hydrogens is 612 g/mol. The highest BCUT2D eigenvalue weighted by atomic mass is 16.5. The zero-order valence-corrected chi connectivity index (χ0v) is 27.6. The third-order valence-corrected chi connectivity index (χ3v) is 8.80. The summed E-state index contributed by atoms with van der Waals surface area (Å²) in [7, 11) is 0. The van der Waals surface area contributed by atoms with Crippen molar-refractivity contribution in [1.82, 2.24) is 10.2 Å². The number of amides is 2. The van der Waals surface area contributed by atoms with Crippen LogP contribution in [0.25, 0.3) is 0 Å². The molecule has 0 aliphatic carbocycles. The van der Waals surface area contributed by atoms with E-state index >= 15 is 0 Å². The molecule has 0 saturated carbocycles. The molecule has 1 N–H and O–H groups in total. The minimum atomic E-state index is -0.743. The van der Waals surface area contributed by atoms with Gasteiger partial charge < -0.3 is 24.4 Å². The van der Waals surface area contributed by atoms with E-state index in [2.05, 4.69) is 23.5 Å². The van der Waals surface area contributed by atoms with Crippen molar-refractivity contribution in [2.75, 3.05) is 13.1 Å². The van der Waals surface area contributed by atoms with E-state index < -0.39 is 12.1 Å². The number of nitrogens with one attached hydrogen (secondary N) is 1. The standard InChI is InChI=1S/C42H42N2O5/c45-41(39(27-32-13-5-1-6-14-32)43-42(46)49-31-35-19-11-4-12-20-35)44-25-23-36(24-26-44)38-22-21-37(47-29-33-15-7-2-8-16-33)28-40(38)48-30-34-17-9-3-10-18-34/h1-22,28,36,39H,23-27,29-31H2,(H,43,46)/t39-/m1/s1. The largest absolute Gasteiger partial charge is 0.489 e. The van der Waals surface area contributed by atoms with Crippen molar-refractivity contribution in [2.24, 2.45) is 0 Å². The summed E-state index contributed by atoms with van der Waals surface area (Å²) in [6.45, 7) is 2.19. The van der Waals surface area contributed by atoms with Gasteiger partial charge in [-0.05, 0) is 52.6 Å². The molecule has 0 bridgehead atoms. The number of alkyl carbamates (subject to hydrolysis) is 1. The molecule has 0 spiro atoms. The average molecular weight is 655 g/mol. The first-order valence-electron chi connectivity index (χ1n) is 16.9. The third kappa shape index (κ3) is 9.73. The first kappa shape index (κ1) is 33.3. The zero-order chi connectivity index (χ0) is 33.7. The third-order valence-electron chi connectivity index (χ3n) is 8.80. The minimum absolute atomic E-state index is 0.107. The molecule has 5 aromatic carbocycles.